The van der Waals surface area contributed by atoms with Gasteiger partial charge >= 0.3 is 5.97 Å². The number of fused-ring (bicyclic) bond motifs is 1. The summed E-state index contributed by atoms with van der Waals surface area (Å²) in [7, 11) is 0. The first-order chi connectivity index (χ1) is 20.0. The van der Waals surface area contributed by atoms with Crippen LogP contribution in [0.3, 0.4) is 0 Å². The Morgan fingerprint density at radius 3 is 2.24 bits per heavy atom. The van der Waals surface area contributed by atoms with Gasteiger partial charge in [0.05, 0.1) is 33.0 Å². The van der Waals surface area contributed by atoms with Gasteiger partial charge in [-0.2, -0.15) is 5.01 Å². The van der Waals surface area contributed by atoms with E-state index < -0.39 is 47.9 Å². The summed E-state index contributed by atoms with van der Waals surface area (Å²) >= 11 is 18.2. The maximum absolute atomic E-state index is 13.7. The highest BCUT2D eigenvalue weighted by molar-refractivity contribution is 6.36. The van der Waals surface area contributed by atoms with Crippen molar-refractivity contribution in [3.63, 3.8) is 0 Å². The Hall–Kier alpha value is -3.72. The third-order valence-corrected chi connectivity index (χ3v) is 8.45. The number of carbonyl (C=O) groups excluding carboxylic acids is 5. The van der Waals surface area contributed by atoms with Crippen molar-refractivity contribution in [3.8, 4) is 5.75 Å². The average molecular weight is 628 g/mol. The summed E-state index contributed by atoms with van der Waals surface area (Å²) < 4.78 is 5.36. The Labute approximate surface area is 257 Å². The van der Waals surface area contributed by atoms with Crippen LogP contribution in [0, 0.1) is 17.8 Å². The minimum Gasteiger partial charge on any atom is -0.423 e. The number of Topliss-reactive ketones (excluding diaryl/α,β-unsaturated/α-hetero) is 1. The zero-order valence-electron chi connectivity index (χ0n) is 22.4. The topological polar surface area (TPSA) is 101 Å². The molecule has 3 atom stereocenters. The van der Waals surface area contributed by atoms with Crippen LogP contribution >= 0.6 is 34.8 Å². The fourth-order valence-corrected chi connectivity index (χ4v) is 6.07. The molecule has 0 spiro atoms. The van der Waals surface area contributed by atoms with Gasteiger partial charge in [0.15, 0.2) is 5.78 Å². The van der Waals surface area contributed by atoms with E-state index in [1.807, 2.05) is 6.92 Å². The molecule has 0 radical (unpaired) electrons. The van der Waals surface area contributed by atoms with Gasteiger partial charge in [0.1, 0.15) is 12.3 Å². The van der Waals surface area contributed by atoms with Gasteiger partial charge in [0.2, 0.25) is 0 Å². The fraction of sp³-hybridized carbons (Fsp3) is 0.258. The molecule has 42 heavy (non-hydrogen) atoms. The van der Waals surface area contributed by atoms with E-state index in [-0.39, 0.29) is 38.4 Å². The van der Waals surface area contributed by atoms with Crippen LogP contribution in [-0.2, 0) is 9.59 Å². The summed E-state index contributed by atoms with van der Waals surface area (Å²) in [5.41, 5.74) is 0.338. The van der Waals surface area contributed by atoms with Crippen molar-refractivity contribution in [3.05, 3.63) is 98.5 Å². The molecule has 1 saturated heterocycles. The molecule has 3 aromatic rings. The van der Waals surface area contributed by atoms with Crippen molar-refractivity contribution < 1.29 is 28.7 Å². The zero-order valence-corrected chi connectivity index (χ0v) is 24.7. The molecule has 0 aromatic heterocycles. The predicted molar refractivity (Wildman–Crippen MR) is 157 cm³/mol. The lowest BCUT2D eigenvalue weighted by Crippen LogP contribution is -2.52. The normalized spacial score (nSPS) is 19.8. The van der Waals surface area contributed by atoms with Gasteiger partial charge in [-0.3, -0.25) is 19.2 Å². The van der Waals surface area contributed by atoms with E-state index in [1.165, 1.54) is 54.6 Å². The number of nitrogens with zero attached hydrogens (tertiary/aromatic N) is 2. The molecular formula is C31H25Cl3N2O6. The van der Waals surface area contributed by atoms with Crippen LogP contribution in [0.25, 0.3) is 0 Å². The van der Waals surface area contributed by atoms with E-state index in [0.717, 1.165) is 16.4 Å². The lowest BCUT2D eigenvalue weighted by atomic mass is 9.76. The molecule has 1 saturated carbocycles. The number of ether oxygens (including phenoxy) is 1. The van der Waals surface area contributed by atoms with Crippen LogP contribution < -0.4 is 4.74 Å². The predicted octanol–water partition coefficient (Wildman–Crippen LogP) is 6.53. The van der Waals surface area contributed by atoms with E-state index >= 15 is 0 Å². The number of hydrogen-bond donors (Lipinski definition) is 0. The summed E-state index contributed by atoms with van der Waals surface area (Å²) in [6.45, 7) is 1.44. The lowest BCUT2D eigenvalue weighted by molar-refractivity contribution is -0.154. The minimum atomic E-state index is -0.743. The standard InChI is InChI=1S/C31H25Cl3N2O6/c1-17-6-12-21-24(14-17)30(40)36(29(21)39)35(28(38)22-4-2-3-5-25(22)33)16-27(37)18-7-10-20(11-8-18)42-31(41)23-13-9-19(32)15-26(23)34/h2-5,7-11,13,15,17,21,24H,6,12,14,16H2,1H3/t17-,21+,24-/m1/s1. The third-order valence-electron chi connectivity index (χ3n) is 7.58. The smallest absolute Gasteiger partial charge is 0.345 e. The second kappa shape index (κ2) is 12.3. The Bertz CT molecular complexity index is 1590. The summed E-state index contributed by atoms with van der Waals surface area (Å²) in [6.07, 6.45) is 1.87. The van der Waals surface area contributed by atoms with Crippen molar-refractivity contribution in [1.82, 2.24) is 10.0 Å². The fourth-order valence-electron chi connectivity index (χ4n) is 5.37. The van der Waals surface area contributed by atoms with Gasteiger partial charge in [-0.1, -0.05) is 53.9 Å². The molecule has 3 amide bonds. The maximum Gasteiger partial charge on any atom is 0.345 e. The third kappa shape index (κ3) is 5.93. The Balaban J connectivity index is 1.38. The highest BCUT2D eigenvalue weighted by Gasteiger charge is 2.53. The molecule has 11 heteroatoms. The van der Waals surface area contributed by atoms with Crippen LogP contribution in [0.5, 0.6) is 5.75 Å². The SMILES string of the molecule is C[C@@H]1CC[C@@H]2C(=O)N(N(CC(=O)c3ccc(OC(=O)c4ccc(Cl)cc4Cl)cc3)C(=O)c3ccccc3Cl)C(=O)[C@@H]2C1. The number of rotatable bonds is 7. The van der Waals surface area contributed by atoms with Crippen molar-refractivity contribution in [2.75, 3.05) is 6.54 Å². The van der Waals surface area contributed by atoms with Gasteiger partial charge in [0, 0.05) is 10.6 Å². The molecule has 1 aliphatic heterocycles. The molecule has 5 rings (SSSR count). The number of hydrazine groups is 1. The van der Waals surface area contributed by atoms with Crippen molar-refractivity contribution in [1.29, 1.82) is 0 Å². The van der Waals surface area contributed by atoms with E-state index in [9.17, 15) is 24.0 Å². The first-order valence-electron chi connectivity index (χ1n) is 13.3. The van der Waals surface area contributed by atoms with Crippen molar-refractivity contribution in [2.24, 2.45) is 17.8 Å². The molecule has 2 aliphatic rings. The molecule has 216 valence electrons. The number of hydrogen-bond acceptors (Lipinski definition) is 6. The summed E-state index contributed by atoms with van der Waals surface area (Å²) in [4.78, 5) is 66.6. The molecule has 0 N–H and O–H groups in total. The van der Waals surface area contributed by atoms with Crippen molar-refractivity contribution in [2.45, 2.75) is 26.2 Å². The number of carbonyl (C=O) groups is 5. The van der Waals surface area contributed by atoms with Gasteiger partial charge in [0.25, 0.3) is 17.7 Å². The number of halogens is 3. The molecule has 0 bridgehead atoms. The number of amides is 3. The highest BCUT2D eigenvalue weighted by atomic mass is 35.5. The summed E-state index contributed by atoms with van der Waals surface area (Å²) in [5.74, 6) is -3.65. The number of imide groups is 1. The molecule has 0 unspecified atom stereocenters. The van der Waals surface area contributed by atoms with Crippen LogP contribution in [-0.4, -0.2) is 46.0 Å². The number of esters is 1. The maximum atomic E-state index is 13.7. The summed E-state index contributed by atoms with van der Waals surface area (Å²) in [6, 6.07) is 16.3. The minimum absolute atomic E-state index is 0.0546. The quantitative estimate of drug-likeness (QED) is 0.128. The summed E-state index contributed by atoms with van der Waals surface area (Å²) in [5, 5.41) is 2.35. The van der Waals surface area contributed by atoms with E-state index in [2.05, 4.69) is 0 Å². The van der Waals surface area contributed by atoms with Crippen LogP contribution in [0.4, 0.5) is 0 Å². The van der Waals surface area contributed by atoms with E-state index in [4.69, 9.17) is 39.5 Å². The van der Waals surface area contributed by atoms with Gasteiger partial charge in [-0.25, -0.2) is 9.80 Å². The Morgan fingerprint density at radius 2 is 1.55 bits per heavy atom. The second-order valence-corrected chi connectivity index (χ2v) is 11.7. The molecule has 8 nitrogen and oxygen atoms in total. The monoisotopic (exact) mass is 626 g/mol. The lowest BCUT2D eigenvalue weighted by Gasteiger charge is -2.30. The van der Waals surface area contributed by atoms with Crippen LogP contribution in [0.1, 0.15) is 57.3 Å². The largest absolute Gasteiger partial charge is 0.423 e. The van der Waals surface area contributed by atoms with E-state index in [1.54, 1.807) is 12.1 Å². The van der Waals surface area contributed by atoms with Gasteiger partial charge in [-0.15, -0.1) is 0 Å². The molecule has 1 aliphatic carbocycles. The first kappa shape index (κ1) is 29.8. The molecular weight excluding hydrogens is 603 g/mol. The Kier molecular flexibility index (Phi) is 8.68. The Morgan fingerprint density at radius 1 is 0.857 bits per heavy atom. The van der Waals surface area contributed by atoms with Gasteiger partial charge < -0.3 is 4.74 Å². The highest BCUT2D eigenvalue weighted by Crippen LogP contribution is 2.41. The molecule has 2 fully saturated rings. The molecule has 1 heterocycles. The second-order valence-electron chi connectivity index (χ2n) is 10.4. The van der Waals surface area contributed by atoms with Crippen molar-refractivity contribution >= 4 is 64.3 Å². The van der Waals surface area contributed by atoms with Crippen LogP contribution in [0.15, 0.2) is 66.7 Å². The number of benzene rings is 3. The zero-order chi connectivity index (χ0) is 30.1. The van der Waals surface area contributed by atoms with Crippen LogP contribution in [0.2, 0.25) is 15.1 Å². The van der Waals surface area contributed by atoms with E-state index in [0.29, 0.717) is 17.9 Å². The number of ketones is 1. The molecule has 3 aromatic carbocycles. The van der Waals surface area contributed by atoms with Gasteiger partial charge in [-0.05, 0) is 79.8 Å². The average Bonchev–Trinajstić information content (AvgIpc) is 3.20. The first-order valence-corrected chi connectivity index (χ1v) is 14.4.